The lowest BCUT2D eigenvalue weighted by atomic mass is 10.1. The summed E-state index contributed by atoms with van der Waals surface area (Å²) in [5.74, 6) is -1.85. The Labute approximate surface area is 168 Å². The summed E-state index contributed by atoms with van der Waals surface area (Å²) in [5.41, 5.74) is -0.195. The summed E-state index contributed by atoms with van der Waals surface area (Å²) < 4.78 is 32.7. The van der Waals surface area contributed by atoms with Gasteiger partial charge in [-0.2, -0.15) is 0 Å². The molecule has 3 aromatic carbocycles. The van der Waals surface area contributed by atoms with Crippen molar-refractivity contribution < 1.29 is 23.2 Å². The van der Waals surface area contributed by atoms with Crippen molar-refractivity contribution in [1.82, 2.24) is 0 Å². The quantitative estimate of drug-likeness (QED) is 0.436. The number of carbonyl (C=O) groups is 1. The molecular formula is C20H14F2N2O4S. The number of ether oxygens (including phenoxy) is 1. The average molecular weight is 416 g/mol. The molecule has 3 aromatic rings. The molecule has 0 heterocycles. The van der Waals surface area contributed by atoms with Gasteiger partial charge in [0.05, 0.1) is 17.6 Å². The van der Waals surface area contributed by atoms with Crippen LogP contribution in [0, 0.1) is 21.7 Å². The van der Waals surface area contributed by atoms with Gasteiger partial charge in [-0.25, -0.2) is 8.78 Å². The Morgan fingerprint density at radius 3 is 2.45 bits per heavy atom. The number of hydrogen-bond acceptors (Lipinski definition) is 5. The van der Waals surface area contributed by atoms with Gasteiger partial charge in [0.25, 0.3) is 11.6 Å². The zero-order valence-corrected chi connectivity index (χ0v) is 15.8. The minimum atomic E-state index is -0.697. The smallest absolute Gasteiger partial charge is 0.270 e. The molecule has 1 N–H and O–H groups in total. The van der Waals surface area contributed by atoms with Gasteiger partial charge in [0.1, 0.15) is 5.82 Å². The topological polar surface area (TPSA) is 81.5 Å². The molecule has 0 aliphatic carbocycles. The van der Waals surface area contributed by atoms with Crippen molar-refractivity contribution in [3.8, 4) is 5.75 Å². The minimum Gasteiger partial charge on any atom is -0.494 e. The lowest BCUT2D eigenvalue weighted by Gasteiger charge is -2.11. The fraction of sp³-hybridized carbons (Fsp3) is 0.0500. The fourth-order valence-electron chi connectivity index (χ4n) is 2.49. The molecule has 3 rings (SSSR count). The van der Waals surface area contributed by atoms with E-state index in [0.29, 0.717) is 4.90 Å². The summed E-state index contributed by atoms with van der Waals surface area (Å²) in [6.45, 7) is 0. The first-order chi connectivity index (χ1) is 13.9. The Bertz CT molecular complexity index is 1090. The number of nitro groups is 1. The fourth-order valence-corrected chi connectivity index (χ4v) is 3.43. The van der Waals surface area contributed by atoms with Gasteiger partial charge in [-0.15, -0.1) is 0 Å². The van der Waals surface area contributed by atoms with Crippen LogP contribution in [-0.4, -0.2) is 17.9 Å². The van der Waals surface area contributed by atoms with Crippen LogP contribution in [0.1, 0.15) is 10.4 Å². The van der Waals surface area contributed by atoms with E-state index in [1.165, 1.54) is 49.6 Å². The summed E-state index contributed by atoms with van der Waals surface area (Å²) in [4.78, 5) is 23.8. The largest absolute Gasteiger partial charge is 0.494 e. The number of nitrogens with zero attached hydrogens (tertiary/aromatic N) is 1. The van der Waals surface area contributed by atoms with Gasteiger partial charge in [-0.3, -0.25) is 14.9 Å². The Morgan fingerprint density at radius 1 is 1.03 bits per heavy atom. The maximum Gasteiger partial charge on any atom is 0.270 e. The second-order valence-electron chi connectivity index (χ2n) is 5.77. The van der Waals surface area contributed by atoms with E-state index in [4.69, 9.17) is 4.74 Å². The first-order valence-electron chi connectivity index (χ1n) is 8.24. The SMILES string of the molecule is COc1ccc(NC(=O)c2cc([N+](=O)[O-])ccc2Sc2ccccc2F)cc1F. The van der Waals surface area contributed by atoms with Gasteiger partial charge < -0.3 is 10.1 Å². The number of carbonyl (C=O) groups excluding carboxylic acids is 1. The van der Waals surface area contributed by atoms with Crippen molar-refractivity contribution in [2.75, 3.05) is 12.4 Å². The lowest BCUT2D eigenvalue weighted by Crippen LogP contribution is -2.13. The van der Waals surface area contributed by atoms with Crippen LogP contribution in [0.15, 0.2) is 70.5 Å². The van der Waals surface area contributed by atoms with Gasteiger partial charge in [0.2, 0.25) is 0 Å². The number of nitro benzene ring substituents is 1. The Morgan fingerprint density at radius 2 is 1.79 bits per heavy atom. The van der Waals surface area contributed by atoms with Gasteiger partial charge in [0, 0.05) is 33.7 Å². The van der Waals surface area contributed by atoms with Crippen molar-refractivity contribution in [3.05, 3.63) is 88.0 Å². The normalized spacial score (nSPS) is 10.4. The van der Waals surface area contributed by atoms with Crippen LogP contribution < -0.4 is 10.1 Å². The molecule has 1 amide bonds. The molecule has 0 aliphatic rings. The van der Waals surface area contributed by atoms with E-state index in [-0.39, 0.29) is 27.6 Å². The standard InChI is InChI=1S/C20H14F2N2O4S/c1-28-17-8-6-12(10-16(17)22)23-20(25)14-11-13(24(26)27)7-9-18(14)29-19-5-3-2-4-15(19)21/h2-11H,1H3,(H,23,25). The number of methoxy groups -OCH3 is 1. The lowest BCUT2D eigenvalue weighted by molar-refractivity contribution is -0.384. The highest BCUT2D eigenvalue weighted by atomic mass is 32.2. The number of hydrogen-bond donors (Lipinski definition) is 1. The molecule has 6 nitrogen and oxygen atoms in total. The van der Waals surface area contributed by atoms with E-state index in [1.54, 1.807) is 6.07 Å². The minimum absolute atomic E-state index is 0.00847. The van der Waals surface area contributed by atoms with Crippen molar-refractivity contribution in [3.63, 3.8) is 0 Å². The van der Waals surface area contributed by atoms with Crippen molar-refractivity contribution >= 4 is 29.0 Å². The molecule has 0 spiro atoms. The predicted octanol–water partition coefficient (Wildman–Crippen LogP) is 5.29. The number of nitrogens with one attached hydrogen (secondary N) is 1. The third kappa shape index (κ3) is 4.69. The Hall–Kier alpha value is -3.46. The van der Waals surface area contributed by atoms with Crippen LogP contribution >= 0.6 is 11.8 Å². The third-order valence-corrected chi connectivity index (χ3v) is 5.01. The summed E-state index contributed by atoms with van der Waals surface area (Å²) in [5, 5.41) is 13.6. The van der Waals surface area contributed by atoms with E-state index in [1.807, 2.05) is 0 Å². The Balaban J connectivity index is 1.95. The molecule has 0 saturated carbocycles. The molecule has 0 radical (unpaired) electrons. The molecule has 0 aromatic heterocycles. The Kier molecular flexibility index (Phi) is 6.08. The highest BCUT2D eigenvalue weighted by Crippen LogP contribution is 2.34. The number of anilines is 1. The summed E-state index contributed by atoms with van der Waals surface area (Å²) in [7, 11) is 1.31. The highest BCUT2D eigenvalue weighted by molar-refractivity contribution is 7.99. The van der Waals surface area contributed by atoms with E-state index < -0.39 is 22.5 Å². The van der Waals surface area contributed by atoms with Gasteiger partial charge >= 0.3 is 0 Å². The van der Waals surface area contributed by atoms with Crippen LogP contribution in [0.4, 0.5) is 20.2 Å². The molecule has 148 valence electrons. The van der Waals surface area contributed by atoms with Crippen LogP contribution in [0.3, 0.4) is 0 Å². The second kappa shape index (κ2) is 8.70. The molecule has 0 atom stereocenters. The van der Waals surface area contributed by atoms with E-state index in [2.05, 4.69) is 5.32 Å². The first kappa shape index (κ1) is 20.3. The second-order valence-corrected chi connectivity index (χ2v) is 6.86. The molecule has 0 unspecified atom stereocenters. The maximum atomic E-state index is 14.0. The van der Waals surface area contributed by atoms with Gasteiger partial charge in [0.15, 0.2) is 11.6 Å². The third-order valence-electron chi connectivity index (χ3n) is 3.88. The number of non-ortho nitro benzene ring substituents is 1. The molecule has 29 heavy (non-hydrogen) atoms. The summed E-state index contributed by atoms with van der Waals surface area (Å²) in [6, 6.07) is 13.5. The summed E-state index contributed by atoms with van der Waals surface area (Å²) in [6.07, 6.45) is 0. The molecular weight excluding hydrogens is 402 g/mol. The van der Waals surface area contributed by atoms with E-state index in [0.717, 1.165) is 23.9 Å². The zero-order chi connectivity index (χ0) is 21.0. The van der Waals surface area contributed by atoms with Gasteiger partial charge in [-0.05, 0) is 30.3 Å². The van der Waals surface area contributed by atoms with Gasteiger partial charge in [-0.1, -0.05) is 23.9 Å². The first-order valence-corrected chi connectivity index (χ1v) is 9.06. The van der Waals surface area contributed by atoms with Crippen LogP contribution in [-0.2, 0) is 0 Å². The maximum absolute atomic E-state index is 14.0. The van der Waals surface area contributed by atoms with E-state index in [9.17, 15) is 23.7 Å². The molecule has 0 saturated heterocycles. The summed E-state index contributed by atoms with van der Waals surface area (Å²) >= 11 is 0.957. The molecule has 0 aliphatic heterocycles. The zero-order valence-electron chi connectivity index (χ0n) is 15.0. The highest BCUT2D eigenvalue weighted by Gasteiger charge is 2.19. The van der Waals surface area contributed by atoms with Crippen LogP contribution in [0.2, 0.25) is 0 Å². The van der Waals surface area contributed by atoms with Crippen LogP contribution in [0.25, 0.3) is 0 Å². The number of halogens is 2. The van der Waals surface area contributed by atoms with E-state index >= 15 is 0 Å². The monoisotopic (exact) mass is 416 g/mol. The number of benzene rings is 3. The van der Waals surface area contributed by atoms with Crippen molar-refractivity contribution in [2.45, 2.75) is 9.79 Å². The molecule has 0 fully saturated rings. The molecule has 0 bridgehead atoms. The predicted molar refractivity (Wildman–Crippen MR) is 105 cm³/mol. The number of amides is 1. The molecule has 9 heteroatoms. The van der Waals surface area contributed by atoms with Crippen molar-refractivity contribution in [2.24, 2.45) is 0 Å². The van der Waals surface area contributed by atoms with Crippen molar-refractivity contribution in [1.29, 1.82) is 0 Å². The van der Waals surface area contributed by atoms with Crippen LogP contribution in [0.5, 0.6) is 5.75 Å². The average Bonchev–Trinajstić information content (AvgIpc) is 2.70. The number of rotatable bonds is 6.